The molecule has 1 fully saturated rings. The van der Waals surface area contributed by atoms with Crippen molar-refractivity contribution in [3.8, 4) is 0 Å². The van der Waals surface area contributed by atoms with Gasteiger partial charge in [0.05, 0.1) is 29.0 Å². The summed E-state index contributed by atoms with van der Waals surface area (Å²) in [5, 5.41) is 10.4. The fourth-order valence-electron chi connectivity index (χ4n) is 4.64. The van der Waals surface area contributed by atoms with E-state index < -0.39 is 0 Å². The van der Waals surface area contributed by atoms with E-state index in [0.717, 1.165) is 30.0 Å². The van der Waals surface area contributed by atoms with Crippen LogP contribution in [0.3, 0.4) is 0 Å². The molecule has 1 aliphatic heterocycles. The van der Waals surface area contributed by atoms with Crippen LogP contribution in [0.5, 0.6) is 0 Å². The number of aromatic amines is 1. The predicted octanol–water partition coefficient (Wildman–Crippen LogP) is 4.49. The van der Waals surface area contributed by atoms with E-state index in [9.17, 15) is 4.79 Å². The quantitative estimate of drug-likeness (QED) is 0.420. The molecule has 1 saturated heterocycles. The highest BCUT2D eigenvalue weighted by atomic mass is 32.2. The average molecular weight is 465 g/mol. The second-order valence-corrected chi connectivity index (χ2v) is 10.3. The molecular formula is C24H28N6O2S. The summed E-state index contributed by atoms with van der Waals surface area (Å²) in [5.74, 6) is 3.53. The number of thioether (sulfide) groups is 1. The molecule has 5 rings (SSSR count). The van der Waals surface area contributed by atoms with Gasteiger partial charge in [0.15, 0.2) is 5.16 Å². The average Bonchev–Trinajstić information content (AvgIpc) is 3.44. The maximum Gasteiger partial charge on any atom is 0.258 e. The molecule has 3 atom stereocenters. The highest BCUT2D eigenvalue weighted by Gasteiger charge is 2.28. The molecule has 9 heteroatoms. The van der Waals surface area contributed by atoms with E-state index in [4.69, 9.17) is 9.40 Å². The SMILES string of the molecule is CC1CC(C)CN(c2nnc(SC(C)c3nc4ccccc4c(=O)[nH]3)n2Cc2ccco2)C1. The van der Waals surface area contributed by atoms with Gasteiger partial charge in [-0.15, -0.1) is 10.2 Å². The lowest BCUT2D eigenvalue weighted by Crippen LogP contribution is -2.40. The molecule has 0 radical (unpaired) electrons. The Bertz CT molecular complexity index is 1290. The Morgan fingerprint density at radius 2 is 1.94 bits per heavy atom. The summed E-state index contributed by atoms with van der Waals surface area (Å²) in [4.78, 5) is 22.5. The van der Waals surface area contributed by atoms with Crippen molar-refractivity contribution >= 4 is 28.6 Å². The third-order valence-electron chi connectivity index (χ3n) is 6.04. The van der Waals surface area contributed by atoms with E-state index in [2.05, 4.69) is 38.5 Å². The molecule has 0 spiro atoms. The van der Waals surface area contributed by atoms with Crippen LogP contribution >= 0.6 is 11.8 Å². The number of furan rings is 1. The van der Waals surface area contributed by atoms with E-state index in [1.54, 1.807) is 12.3 Å². The number of rotatable bonds is 6. The third kappa shape index (κ3) is 4.55. The summed E-state index contributed by atoms with van der Waals surface area (Å²) in [5.41, 5.74) is 0.565. The fourth-order valence-corrected chi connectivity index (χ4v) is 5.54. The first-order valence-corrected chi connectivity index (χ1v) is 12.2. The second kappa shape index (κ2) is 9.05. The number of hydrogen-bond donors (Lipinski definition) is 1. The van der Waals surface area contributed by atoms with Crippen LogP contribution in [0.15, 0.2) is 57.0 Å². The summed E-state index contributed by atoms with van der Waals surface area (Å²) < 4.78 is 7.75. The number of hydrogen-bond acceptors (Lipinski definition) is 7. The van der Waals surface area contributed by atoms with Crippen molar-refractivity contribution in [2.45, 2.75) is 44.1 Å². The lowest BCUT2D eigenvalue weighted by molar-refractivity contribution is 0.350. The highest BCUT2D eigenvalue weighted by Crippen LogP contribution is 2.35. The number of nitrogens with one attached hydrogen (secondary N) is 1. The maximum absolute atomic E-state index is 12.6. The van der Waals surface area contributed by atoms with Crippen LogP contribution in [0.25, 0.3) is 10.9 Å². The van der Waals surface area contributed by atoms with Crippen LogP contribution in [0.2, 0.25) is 0 Å². The van der Waals surface area contributed by atoms with Crippen molar-refractivity contribution in [1.29, 1.82) is 0 Å². The van der Waals surface area contributed by atoms with Gasteiger partial charge in [-0.3, -0.25) is 9.36 Å². The maximum atomic E-state index is 12.6. The molecule has 3 unspecified atom stereocenters. The van der Waals surface area contributed by atoms with E-state index >= 15 is 0 Å². The molecule has 172 valence electrons. The molecule has 0 saturated carbocycles. The first-order chi connectivity index (χ1) is 16.0. The van der Waals surface area contributed by atoms with Crippen molar-refractivity contribution in [2.24, 2.45) is 11.8 Å². The zero-order chi connectivity index (χ0) is 22.9. The molecule has 1 aromatic carbocycles. The van der Waals surface area contributed by atoms with E-state index in [0.29, 0.717) is 35.1 Å². The summed E-state index contributed by atoms with van der Waals surface area (Å²) in [7, 11) is 0. The van der Waals surface area contributed by atoms with Crippen molar-refractivity contribution in [2.75, 3.05) is 18.0 Å². The zero-order valence-electron chi connectivity index (χ0n) is 19.1. The van der Waals surface area contributed by atoms with E-state index in [1.807, 2.05) is 37.3 Å². The molecule has 33 heavy (non-hydrogen) atoms. The van der Waals surface area contributed by atoms with Crippen molar-refractivity contribution < 1.29 is 4.42 Å². The number of fused-ring (bicyclic) bond motifs is 1. The fraction of sp³-hybridized carbons (Fsp3) is 0.417. The van der Waals surface area contributed by atoms with Crippen molar-refractivity contribution in [3.63, 3.8) is 0 Å². The van der Waals surface area contributed by atoms with Gasteiger partial charge >= 0.3 is 0 Å². The van der Waals surface area contributed by atoms with Gasteiger partial charge < -0.3 is 14.3 Å². The van der Waals surface area contributed by atoms with Gasteiger partial charge in [-0.2, -0.15) is 0 Å². The van der Waals surface area contributed by atoms with Crippen molar-refractivity contribution in [3.05, 3.63) is 64.6 Å². The first kappa shape index (κ1) is 21.8. The highest BCUT2D eigenvalue weighted by molar-refractivity contribution is 7.99. The van der Waals surface area contributed by atoms with E-state index in [-0.39, 0.29) is 10.8 Å². The lowest BCUT2D eigenvalue weighted by Gasteiger charge is -2.35. The molecule has 0 amide bonds. The topological polar surface area (TPSA) is 92.8 Å². The molecule has 8 nitrogen and oxygen atoms in total. The number of aromatic nitrogens is 5. The Hall–Kier alpha value is -3.07. The summed E-state index contributed by atoms with van der Waals surface area (Å²) >= 11 is 1.54. The van der Waals surface area contributed by atoms with E-state index in [1.165, 1.54) is 18.2 Å². The number of benzene rings is 1. The summed E-state index contributed by atoms with van der Waals surface area (Å²) in [6.45, 7) is 9.06. The summed E-state index contributed by atoms with van der Waals surface area (Å²) in [6, 6.07) is 11.2. The molecule has 3 aromatic heterocycles. The minimum absolute atomic E-state index is 0.117. The standard InChI is InChI=1S/C24H28N6O2S/c1-15-11-16(2)13-29(12-15)23-27-28-24(30(23)14-18-7-6-10-32-18)33-17(3)21-25-20-9-5-4-8-19(20)22(31)26-21/h4-10,15-17H,11-14H2,1-3H3,(H,25,26,31). The number of H-pyrrole nitrogens is 1. The van der Waals surface area contributed by atoms with Crippen LogP contribution in [0, 0.1) is 11.8 Å². The van der Waals surface area contributed by atoms with Gasteiger partial charge in [0, 0.05) is 13.1 Å². The zero-order valence-corrected chi connectivity index (χ0v) is 19.9. The molecule has 1 aliphatic rings. The molecule has 0 bridgehead atoms. The molecule has 0 aliphatic carbocycles. The van der Waals surface area contributed by atoms with Gasteiger partial charge in [0.2, 0.25) is 5.95 Å². The largest absolute Gasteiger partial charge is 0.467 e. The Kier molecular flexibility index (Phi) is 5.97. The minimum Gasteiger partial charge on any atom is -0.467 e. The normalized spacial score (nSPS) is 19.8. The number of para-hydroxylation sites is 1. The predicted molar refractivity (Wildman–Crippen MR) is 130 cm³/mol. The third-order valence-corrected chi connectivity index (χ3v) is 7.13. The number of nitrogens with zero attached hydrogens (tertiary/aromatic N) is 5. The minimum atomic E-state index is -0.128. The molecular weight excluding hydrogens is 436 g/mol. The number of piperidine rings is 1. The van der Waals surface area contributed by atoms with Gasteiger partial charge in [-0.25, -0.2) is 4.98 Å². The smallest absolute Gasteiger partial charge is 0.258 e. The molecule has 4 heterocycles. The Morgan fingerprint density at radius 1 is 1.15 bits per heavy atom. The van der Waals surface area contributed by atoms with Gasteiger partial charge in [-0.1, -0.05) is 37.7 Å². The van der Waals surface area contributed by atoms with Crippen LogP contribution in [0.4, 0.5) is 5.95 Å². The van der Waals surface area contributed by atoms with Gasteiger partial charge in [0.25, 0.3) is 5.56 Å². The summed E-state index contributed by atoms with van der Waals surface area (Å²) in [6.07, 6.45) is 2.91. The van der Waals surface area contributed by atoms with Crippen molar-refractivity contribution in [1.82, 2.24) is 24.7 Å². The monoisotopic (exact) mass is 464 g/mol. The lowest BCUT2D eigenvalue weighted by atomic mass is 9.92. The first-order valence-electron chi connectivity index (χ1n) is 11.3. The van der Waals surface area contributed by atoms with Crippen LogP contribution < -0.4 is 10.5 Å². The van der Waals surface area contributed by atoms with Gasteiger partial charge in [0.1, 0.15) is 11.6 Å². The number of anilines is 1. The Labute approximate surface area is 196 Å². The van der Waals surface area contributed by atoms with Crippen LogP contribution in [-0.2, 0) is 6.54 Å². The molecule has 4 aromatic rings. The molecule has 1 N–H and O–H groups in total. The van der Waals surface area contributed by atoms with Crippen LogP contribution in [0.1, 0.15) is 44.0 Å². The Morgan fingerprint density at radius 3 is 2.70 bits per heavy atom. The van der Waals surface area contributed by atoms with Gasteiger partial charge in [-0.05, 0) is 49.4 Å². The Balaban J connectivity index is 1.47. The second-order valence-electron chi connectivity index (χ2n) is 9.03. The van der Waals surface area contributed by atoms with Crippen LogP contribution in [-0.4, -0.2) is 37.8 Å².